The highest BCUT2D eigenvalue weighted by atomic mass is 19.4. The van der Waals surface area contributed by atoms with Crippen molar-refractivity contribution in [1.82, 2.24) is 9.97 Å². The van der Waals surface area contributed by atoms with E-state index in [1.165, 1.54) is 6.20 Å². The van der Waals surface area contributed by atoms with Crippen molar-refractivity contribution in [3.8, 4) is 5.75 Å². The van der Waals surface area contributed by atoms with Gasteiger partial charge in [0.1, 0.15) is 17.3 Å². The molecule has 0 unspecified atom stereocenters. The molecule has 7 heteroatoms. The average Bonchev–Trinajstić information content (AvgIpc) is 2.73. The molecule has 4 nitrogen and oxygen atoms in total. The van der Waals surface area contributed by atoms with E-state index in [0.29, 0.717) is 11.9 Å². The molecule has 0 atom stereocenters. The number of nitrogens with zero attached hydrogens (tertiary/aromatic N) is 1. The van der Waals surface area contributed by atoms with Crippen LogP contribution in [0.5, 0.6) is 5.75 Å². The summed E-state index contributed by atoms with van der Waals surface area (Å²) in [5.74, 6) is -0.839. The molecular weight excluding hydrogens is 261 g/mol. The van der Waals surface area contributed by atoms with Gasteiger partial charge in [-0.2, -0.15) is 13.2 Å². The number of benzene rings is 1. The predicted octanol–water partition coefficient (Wildman–Crippen LogP) is 2.67. The minimum absolute atomic E-state index is 0.104. The third-order valence-electron chi connectivity index (χ3n) is 2.52. The van der Waals surface area contributed by atoms with Crippen molar-refractivity contribution >= 4 is 5.78 Å². The number of carbonyl (C=O) groups excluding carboxylic acids is 1. The lowest BCUT2D eigenvalue weighted by atomic mass is 10.0. The topological polar surface area (TPSA) is 66.0 Å². The number of halogens is 3. The van der Waals surface area contributed by atoms with Crippen LogP contribution in [0.2, 0.25) is 0 Å². The van der Waals surface area contributed by atoms with Crippen LogP contribution in [0, 0.1) is 6.92 Å². The number of aromatic amines is 1. The first-order valence-electron chi connectivity index (χ1n) is 5.25. The third-order valence-corrected chi connectivity index (χ3v) is 2.52. The van der Waals surface area contributed by atoms with Crippen molar-refractivity contribution in [2.75, 3.05) is 0 Å². The molecule has 0 spiro atoms. The molecule has 2 rings (SSSR count). The Hall–Kier alpha value is -2.31. The second-order valence-corrected chi connectivity index (χ2v) is 3.94. The van der Waals surface area contributed by atoms with E-state index in [9.17, 15) is 23.1 Å². The van der Waals surface area contributed by atoms with Crippen molar-refractivity contribution in [1.29, 1.82) is 0 Å². The highest BCUT2D eigenvalue weighted by Crippen LogP contribution is 2.33. The monoisotopic (exact) mass is 270 g/mol. The van der Waals surface area contributed by atoms with Gasteiger partial charge in [-0.05, 0) is 25.1 Å². The summed E-state index contributed by atoms with van der Waals surface area (Å²) in [6, 6.07) is 2.21. The normalized spacial score (nSPS) is 11.6. The summed E-state index contributed by atoms with van der Waals surface area (Å²) in [4.78, 5) is 18.4. The largest absolute Gasteiger partial charge is 0.507 e. The second-order valence-electron chi connectivity index (χ2n) is 3.94. The second kappa shape index (κ2) is 4.42. The van der Waals surface area contributed by atoms with E-state index >= 15 is 0 Å². The maximum absolute atomic E-state index is 12.4. The molecule has 0 aliphatic rings. The molecule has 0 aliphatic heterocycles. The molecule has 1 aromatic carbocycles. The summed E-state index contributed by atoms with van der Waals surface area (Å²) >= 11 is 0. The molecule has 1 aromatic heterocycles. The lowest BCUT2D eigenvalue weighted by molar-refractivity contribution is -0.137. The summed E-state index contributed by atoms with van der Waals surface area (Å²) in [5, 5.41) is 9.54. The van der Waals surface area contributed by atoms with Gasteiger partial charge in [-0.15, -0.1) is 0 Å². The highest BCUT2D eigenvalue weighted by molar-refractivity contribution is 6.09. The van der Waals surface area contributed by atoms with Gasteiger partial charge < -0.3 is 10.1 Å². The van der Waals surface area contributed by atoms with Gasteiger partial charge in [0, 0.05) is 0 Å². The lowest BCUT2D eigenvalue weighted by Crippen LogP contribution is -2.07. The maximum Gasteiger partial charge on any atom is 0.416 e. The van der Waals surface area contributed by atoms with E-state index in [4.69, 9.17) is 0 Å². The third kappa shape index (κ3) is 2.59. The van der Waals surface area contributed by atoms with Gasteiger partial charge in [-0.25, -0.2) is 4.98 Å². The fourth-order valence-electron chi connectivity index (χ4n) is 1.58. The number of aromatic hydroxyl groups is 1. The van der Waals surface area contributed by atoms with Crippen molar-refractivity contribution in [2.45, 2.75) is 13.1 Å². The summed E-state index contributed by atoms with van der Waals surface area (Å²) in [7, 11) is 0. The standard InChI is InChI=1S/C12H9F3N2O2/c1-6-16-5-9(17-6)11(19)8-3-2-7(4-10(8)18)12(13,14)15/h2-5,18H,1H3,(H,16,17). The van der Waals surface area contributed by atoms with Crippen LogP contribution in [0.3, 0.4) is 0 Å². The SMILES string of the molecule is Cc1ncc(C(=O)c2ccc(C(F)(F)F)cc2O)[nH]1. The van der Waals surface area contributed by atoms with Gasteiger partial charge in [-0.1, -0.05) is 0 Å². The van der Waals surface area contributed by atoms with Crippen LogP contribution in [-0.4, -0.2) is 20.9 Å². The number of hydrogen-bond acceptors (Lipinski definition) is 3. The molecule has 19 heavy (non-hydrogen) atoms. The number of H-pyrrole nitrogens is 1. The van der Waals surface area contributed by atoms with Crippen LogP contribution in [0.4, 0.5) is 13.2 Å². The zero-order chi connectivity index (χ0) is 14.2. The molecule has 100 valence electrons. The molecule has 0 saturated heterocycles. The first-order valence-corrected chi connectivity index (χ1v) is 5.25. The molecular formula is C12H9F3N2O2. The predicted molar refractivity (Wildman–Crippen MR) is 59.9 cm³/mol. The zero-order valence-corrected chi connectivity index (χ0v) is 9.75. The lowest BCUT2D eigenvalue weighted by Gasteiger charge is -2.08. The molecule has 2 N–H and O–H groups in total. The van der Waals surface area contributed by atoms with Crippen LogP contribution >= 0.6 is 0 Å². The fourth-order valence-corrected chi connectivity index (χ4v) is 1.58. The first-order chi connectivity index (χ1) is 8.79. The molecule has 0 amide bonds. The number of phenols is 1. The van der Waals surface area contributed by atoms with Crippen molar-refractivity contribution in [3.63, 3.8) is 0 Å². The van der Waals surface area contributed by atoms with Crippen molar-refractivity contribution in [2.24, 2.45) is 0 Å². The van der Waals surface area contributed by atoms with Crippen molar-refractivity contribution in [3.05, 3.63) is 47.0 Å². The zero-order valence-electron chi connectivity index (χ0n) is 9.75. The molecule has 0 fully saturated rings. The molecule has 0 bridgehead atoms. The quantitative estimate of drug-likeness (QED) is 0.824. The van der Waals surface area contributed by atoms with Crippen molar-refractivity contribution < 1.29 is 23.1 Å². The van der Waals surface area contributed by atoms with Gasteiger partial charge >= 0.3 is 6.18 Å². The van der Waals surface area contributed by atoms with Gasteiger partial charge in [0.15, 0.2) is 0 Å². The number of hydrogen-bond donors (Lipinski definition) is 2. The number of aromatic nitrogens is 2. The van der Waals surface area contributed by atoms with E-state index in [-0.39, 0.29) is 11.3 Å². The van der Waals surface area contributed by atoms with Crippen LogP contribution < -0.4 is 0 Å². The Morgan fingerprint density at radius 3 is 2.53 bits per heavy atom. The number of aryl methyl sites for hydroxylation is 1. The minimum Gasteiger partial charge on any atom is -0.507 e. The highest BCUT2D eigenvalue weighted by Gasteiger charge is 2.31. The number of nitrogens with one attached hydrogen (secondary N) is 1. The van der Waals surface area contributed by atoms with Crippen LogP contribution in [-0.2, 0) is 6.18 Å². The van der Waals surface area contributed by atoms with Crippen LogP contribution in [0.25, 0.3) is 0 Å². The maximum atomic E-state index is 12.4. The molecule has 2 aromatic rings. The minimum atomic E-state index is -4.57. The Morgan fingerprint density at radius 1 is 1.37 bits per heavy atom. The van der Waals surface area contributed by atoms with Crippen LogP contribution in [0.1, 0.15) is 27.4 Å². The van der Waals surface area contributed by atoms with Gasteiger partial charge in [0.25, 0.3) is 0 Å². The van der Waals surface area contributed by atoms with E-state index < -0.39 is 23.3 Å². The summed E-state index contributed by atoms with van der Waals surface area (Å²) in [5.41, 5.74) is -1.12. The number of phenolic OH excluding ortho intramolecular Hbond substituents is 1. The van der Waals surface area contributed by atoms with E-state index in [1.54, 1.807) is 6.92 Å². The van der Waals surface area contributed by atoms with E-state index in [1.807, 2.05) is 0 Å². The van der Waals surface area contributed by atoms with E-state index in [2.05, 4.69) is 9.97 Å². The Balaban J connectivity index is 2.39. The number of carbonyl (C=O) groups is 1. The van der Waals surface area contributed by atoms with E-state index in [0.717, 1.165) is 12.1 Å². The van der Waals surface area contributed by atoms with Gasteiger partial charge in [-0.3, -0.25) is 4.79 Å². The molecule has 0 saturated carbocycles. The number of alkyl halides is 3. The number of imidazole rings is 1. The average molecular weight is 270 g/mol. The molecule has 1 heterocycles. The number of rotatable bonds is 2. The summed E-state index contributed by atoms with van der Waals surface area (Å²) < 4.78 is 37.2. The smallest absolute Gasteiger partial charge is 0.416 e. The Morgan fingerprint density at radius 2 is 2.05 bits per heavy atom. The fraction of sp³-hybridized carbons (Fsp3) is 0.167. The first kappa shape index (κ1) is 13.1. The Bertz CT molecular complexity index is 632. The Kier molecular flexibility index (Phi) is 3.05. The molecule has 0 radical (unpaired) electrons. The van der Waals surface area contributed by atoms with Gasteiger partial charge in [0.2, 0.25) is 5.78 Å². The molecule has 0 aliphatic carbocycles. The van der Waals surface area contributed by atoms with Crippen LogP contribution in [0.15, 0.2) is 24.4 Å². The summed E-state index contributed by atoms with van der Waals surface area (Å²) in [6.07, 6.45) is -3.31. The summed E-state index contributed by atoms with van der Waals surface area (Å²) in [6.45, 7) is 1.63. The number of ketones is 1. The Labute approximate surface area is 105 Å². The van der Waals surface area contributed by atoms with Gasteiger partial charge in [0.05, 0.1) is 17.3 Å².